The standard InChI is InChI=1S/C38H30N8O/c1-20(2)19-21(3)47-29-18-10-17-28-30(29)38-45-36-27-16-9-8-15-26(27)34(43-36)41-32-23-12-5-4-11-22(23)31(39-32)40-33-24-13-6-7-14-25(24)35(42-33)44-37(28)46-38/h4-18,20-21H,19H2,1-3H3,(H2,39,40,41,42,43,44,45,46). The van der Waals surface area contributed by atoms with Gasteiger partial charge in [0.2, 0.25) is 0 Å². The molecule has 0 fully saturated rings. The van der Waals surface area contributed by atoms with E-state index in [1.165, 1.54) is 0 Å². The summed E-state index contributed by atoms with van der Waals surface area (Å²) in [4.78, 5) is 37.4. The van der Waals surface area contributed by atoms with Gasteiger partial charge in [-0.1, -0.05) is 98.8 Å². The SMILES string of the molecule is CC(C)CC(C)Oc1cccc2c3nc4nc(nc5[nH]c(nc6nc(nc([nH]3)c12)-c1ccccc1-6)c1ccccc51)-c1ccccc1-4. The quantitative estimate of drug-likeness (QED) is 0.204. The molecule has 0 aliphatic carbocycles. The van der Waals surface area contributed by atoms with Crippen LogP contribution in [-0.2, 0) is 0 Å². The normalized spacial score (nSPS) is 12.8. The Morgan fingerprint density at radius 2 is 0.915 bits per heavy atom. The minimum Gasteiger partial charge on any atom is -0.490 e. The molecule has 0 saturated heterocycles. The second-order valence-corrected chi connectivity index (χ2v) is 12.5. The summed E-state index contributed by atoms with van der Waals surface area (Å²) in [5, 5.41) is 3.62. The van der Waals surface area contributed by atoms with E-state index in [0.29, 0.717) is 51.8 Å². The molecule has 9 nitrogen and oxygen atoms in total. The lowest BCUT2D eigenvalue weighted by molar-refractivity contribution is 0.196. The van der Waals surface area contributed by atoms with E-state index in [4.69, 9.17) is 34.6 Å². The maximum atomic E-state index is 6.57. The summed E-state index contributed by atoms with van der Waals surface area (Å²) in [5.41, 5.74) is 6.21. The first-order valence-electron chi connectivity index (χ1n) is 15.9. The highest BCUT2D eigenvalue weighted by molar-refractivity contribution is 6.08. The summed E-state index contributed by atoms with van der Waals surface area (Å²) in [6.07, 6.45) is 0.939. The van der Waals surface area contributed by atoms with Gasteiger partial charge in [0.05, 0.1) is 11.5 Å². The number of H-pyrrole nitrogens is 2. The zero-order chi connectivity index (χ0) is 31.6. The summed E-state index contributed by atoms with van der Waals surface area (Å²) >= 11 is 0. The van der Waals surface area contributed by atoms with Crippen molar-refractivity contribution in [1.82, 2.24) is 39.9 Å². The first kappa shape index (κ1) is 27.4. The van der Waals surface area contributed by atoms with Crippen LogP contribution >= 0.6 is 0 Å². The molecule has 0 saturated carbocycles. The molecule has 1 atom stereocenters. The Morgan fingerprint density at radius 1 is 0.489 bits per heavy atom. The van der Waals surface area contributed by atoms with Gasteiger partial charge in [-0.2, -0.15) is 0 Å². The highest BCUT2D eigenvalue weighted by atomic mass is 16.5. The Morgan fingerprint density at radius 3 is 1.43 bits per heavy atom. The molecule has 0 radical (unpaired) electrons. The minimum absolute atomic E-state index is 0.0128. The molecule has 47 heavy (non-hydrogen) atoms. The first-order chi connectivity index (χ1) is 23.0. The summed E-state index contributed by atoms with van der Waals surface area (Å²) < 4.78 is 6.57. The maximum absolute atomic E-state index is 6.57. The zero-order valence-electron chi connectivity index (χ0n) is 26.1. The van der Waals surface area contributed by atoms with E-state index in [-0.39, 0.29) is 6.10 Å². The second kappa shape index (κ2) is 10.6. The molecular weight excluding hydrogens is 584 g/mol. The van der Waals surface area contributed by atoms with E-state index in [1.807, 2.05) is 91.0 Å². The first-order valence-corrected chi connectivity index (χ1v) is 15.9. The fourth-order valence-corrected chi connectivity index (χ4v) is 6.69. The van der Waals surface area contributed by atoms with Crippen molar-refractivity contribution < 1.29 is 4.74 Å². The number of nitrogens with zero attached hydrogens (tertiary/aromatic N) is 6. The van der Waals surface area contributed by atoms with E-state index in [0.717, 1.165) is 56.0 Å². The van der Waals surface area contributed by atoms with Crippen LogP contribution < -0.4 is 4.74 Å². The van der Waals surface area contributed by atoms with E-state index >= 15 is 0 Å². The molecule has 5 heterocycles. The summed E-state index contributed by atoms with van der Waals surface area (Å²) in [5.74, 6) is 3.53. The maximum Gasteiger partial charge on any atom is 0.164 e. The molecule has 2 aliphatic rings. The van der Waals surface area contributed by atoms with E-state index in [1.54, 1.807) is 0 Å². The van der Waals surface area contributed by atoms with Gasteiger partial charge in [0.25, 0.3) is 0 Å². The fourth-order valence-electron chi connectivity index (χ4n) is 6.69. The van der Waals surface area contributed by atoms with E-state index in [2.05, 4.69) is 30.7 Å². The summed E-state index contributed by atoms with van der Waals surface area (Å²) in [6.45, 7) is 6.51. The van der Waals surface area contributed by atoms with Crippen LogP contribution in [0.15, 0.2) is 91.0 Å². The zero-order valence-corrected chi connectivity index (χ0v) is 26.1. The number of nitrogens with one attached hydrogen (secondary N) is 2. The number of benzene rings is 4. The molecule has 2 N–H and O–H groups in total. The second-order valence-electron chi connectivity index (χ2n) is 12.5. The Kier molecular flexibility index (Phi) is 6.14. The van der Waals surface area contributed by atoms with Crippen LogP contribution in [0.5, 0.6) is 5.75 Å². The lowest BCUT2D eigenvalue weighted by atomic mass is 10.1. The van der Waals surface area contributed by atoms with Gasteiger partial charge in [0.15, 0.2) is 23.3 Å². The van der Waals surface area contributed by atoms with Crippen LogP contribution in [-0.4, -0.2) is 46.0 Å². The third-order valence-corrected chi connectivity index (χ3v) is 8.67. The Bertz CT molecular complexity index is 2540. The van der Waals surface area contributed by atoms with Gasteiger partial charge in [-0.15, -0.1) is 0 Å². The van der Waals surface area contributed by atoms with Crippen LogP contribution in [0.1, 0.15) is 27.2 Å². The van der Waals surface area contributed by atoms with Gasteiger partial charge in [0.1, 0.15) is 28.3 Å². The Hall–Kier alpha value is -5.96. The topological polar surface area (TPSA) is 118 Å². The molecule has 8 bridgehead atoms. The molecule has 3 aromatic heterocycles. The highest BCUT2D eigenvalue weighted by Crippen LogP contribution is 2.38. The van der Waals surface area contributed by atoms with Gasteiger partial charge in [-0.05, 0) is 25.3 Å². The average molecular weight is 615 g/mol. The fraction of sp³-hybridized carbons (Fsp3) is 0.158. The highest BCUT2D eigenvalue weighted by Gasteiger charge is 2.23. The molecular formula is C38H30N8O. The van der Waals surface area contributed by atoms with Crippen molar-refractivity contribution in [2.45, 2.75) is 33.3 Å². The molecule has 9 heteroatoms. The molecule has 2 aliphatic heterocycles. The lowest BCUT2D eigenvalue weighted by Crippen LogP contribution is -2.14. The molecule has 9 rings (SSSR count). The monoisotopic (exact) mass is 614 g/mol. The van der Waals surface area contributed by atoms with Crippen molar-refractivity contribution in [3.8, 4) is 51.3 Å². The van der Waals surface area contributed by atoms with Gasteiger partial charge in [-0.3, -0.25) is 0 Å². The molecule has 0 spiro atoms. The number of hydrogen-bond donors (Lipinski definition) is 2. The molecule has 1 unspecified atom stereocenters. The van der Waals surface area contributed by atoms with Crippen LogP contribution in [0.4, 0.5) is 0 Å². The summed E-state index contributed by atoms with van der Waals surface area (Å²) in [6, 6.07) is 30.2. The average Bonchev–Trinajstić information content (AvgIpc) is 3.80. The number of rotatable bonds is 4. The van der Waals surface area contributed by atoms with Crippen molar-refractivity contribution in [1.29, 1.82) is 0 Å². The predicted octanol–water partition coefficient (Wildman–Crippen LogP) is 8.68. The van der Waals surface area contributed by atoms with Gasteiger partial charge >= 0.3 is 0 Å². The summed E-state index contributed by atoms with van der Waals surface area (Å²) in [7, 11) is 0. The number of fused-ring (bicyclic) bond motifs is 20. The van der Waals surface area contributed by atoms with Crippen LogP contribution in [0.25, 0.3) is 89.7 Å². The van der Waals surface area contributed by atoms with Crippen molar-refractivity contribution >= 4 is 44.1 Å². The Balaban J connectivity index is 1.44. The largest absolute Gasteiger partial charge is 0.490 e. The number of ether oxygens (including phenoxy) is 1. The lowest BCUT2D eigenvalue weighted by Gasteiger charge is -2.17. The van der Waals surface area contributed by atoms with Crippen LogP contribution in [0.2, 0.25) is 0 Å². The Labute approximate surface area is 269 Å². The van der Waals surface area contributed by atoms with Gasteiger partial charge < -0.3 is 14.7 Å². The van der Waals surface area contributed by atoms with Crippen molar-refractivity contribution in [2.75, 3.05) is 0 Å². The van der Waals surface area contributed by atoms with Gasteiger partial charge in [-0.25, -0.2) is 29.9 Å². The van der Waals surface area contributed by atoms with Gasteiger partial charge in [0, 0.05) is 38.4 Å². The molecule has 4 aromatic carbocycles. The van der Waals surface area contributed by atoms with Crippen molar-refractivity contribution in [2.24, 2.45) is 5.92 Å². The number of hydrogen-bond acceptors (Lipinski definition) is 7. The number of aromatic amines is 2. The van der Waals surface area contributed by atoms with Crippen molar-refractivity contribution in [3.05, 3.63) is 91.0 Å². The molecule has 7 aromatic rings. The minimum atomic E-state index is 0.0128. The molecule has 0 amide bonds. The predicted molar refractivity (Wildman–Crippen MR) is 186 cm³/mol. The van der Waals surface area contributed by atoms with E-state index < -0.39 is 0 Å². The molecule has 228 valence electrons. The van der Waals surface area contributed by atoms with E-state index in [9.17, 15) is 0 Å². The third kappa shape index (κ3) is 4.53. The van der Waals surface area contributed by atoms with Crippen molar-refractivity contribution in [3.63, 3.8) is 0 Å². The smallest absolute Gasteiger partial charge is 0.164 e. The number of aromatic nitrogens is 8. The van der Waals surface area contributed by atoms with Crippen LogP contribution in [0, 0.1) is 5.92 Å². The third-order valence-electron chi connectivity index (χ3n) is 8.67. The van der Waals surface area contributed by atoms with Crippen LogP contribution in [0.3, 0.4) is 0 Å².